The topological polar surface area (TPSA) is 197 Å². The van der Waals surface area contributed by atoms with Crippen LogP contribution in [-0.2, 0) is 29.8 Å². The fourth-order valence-electron chi connectivity index (χ4n) is 3.67. The molecule has 0 aromatic heterocycles. The maximum absolute atomic E-state index is 12.2. The number of nitrogens with zero attached hydrogens (tertiary/aromatic N) is 5. The first-order valence-corrected chi connectivity index (χ1v) is 15.7. The van der Waals surface area contributed by atoms with Crippen LogP contribution in [0.3, 0.4) is 0 Å². The summed E-state index contributed by atoms with van der Waals surface area (Å²) in [5.74, 6) is -0.315. The highest BCUT2D eigenvalue weighted by molar-refractivity contribution is 7.86. The van der Waals surface area contributed by atoms with Gasteiger partial charge in [-0.25, -0.2) is 0 Å². The fourth-order valence-corrected chi connectivity index (χ4v) is 4.81. The summed E-state index contributed by atoms with van der Waals surface area (Å²) in [6.45, 7) is 4.21. The van der Waals surface area contributed by atoms with Gasteiger partial charge in [-0.3, -0.25) is 13.9 Å². The summed E-state index contributed by atoms with van der Waals surface area (Å²) >= 11 is 0. The first kappa shape index (κ1) is 33.3. The molecule has 0 spiro atoms. The molecule has 43 heavy (non-hydrogen) atoms. The number of anilines is 1. The van der Waals surface area contributed by atoms with Gasteiger partial charge in [-0.05, 0) is 74.9 Å². The van der Waals surface area contributed by atoms with Crippen molar-refractivity contribution in [2.75, 3.05) is 25.6 Å². The summed E-state index contributed by atoms with van der Waals surface area (Å²) in [5.41, 5.74) is 1.15. The van der Waals surface area contributed by atoms with Gasteiger partial charge in [-0.15, -0.1) is 5.11 Å². The van der Waals surface area contributed by atoms with Crippen LogP contribution >= 0.6 is 0 Å². The average Bonchev–Trinajstić information content (AvgIpc) is 2.93. The van der Waals surface area contributed by atoms with E-state index in [0.29, 0.717) is 25.1 Å². The summed E-state index contributed by atoms with van der Waals surface area (Å²) in [5, 5.41) is 16.0. The lowest BCUT2D eigenvalue weighted by molar-refractivity contribution is -0.147. The molecule has 0 radical (unpaired) electrons. The van der Waals surface area contributed by atoms with Gasteiger partial charge in [0.2, 0.25) is 0 Å². The van der Waals surface area contributed by atoms with E-state index in [0.717, 1.165) is 23.9 Å². The zero-order valence-electron chi connectivity index (χ0n) is 23.8. The minimum Gasteiger partial charge on any atom is -0.494 e. The van der Waals surface area contributed by atoms with Gasteiger partial charge in [-0.2, -0.15) is 32.2 Å². The number of esters is 1. The molecule has 16 heteroatoms. The van der Waals surface area contributed by atoms with E-state index >= 15 is 0 Å². The van der Waals surface area contributed by atoms with Gasteiger partial charge in [0.1, 0.15) is 16.3 Å². The smallest absolute Gasteiger partial charge is 0.306 e. The number of azo groups is 2. The Hall–Kier alpha value is -4.25. The summed E-state index contributed by atoms with van der Waals surface area (Å²) in [4.78, 5) is 12.7. The van der Waals surface area contributed by atoms with Gasteiger partial charge in [-0.1, -0.05) is 0 Å². The highest BCUT2D eigenvalue weighted by atomic mass is 32.2. The quantitative estimate of drug-likeness (QED) is 0.124. The molecule has 0 saturated heterocycles. The van der Waals surface area contributed by atoms with Crippen molar-refractivity contribution in [3.05, 3.63) is 60.7 Å². The molecule has 0 aliphatic carbocycles. The Morgan fingerprint density at radius 1 is 0.837 bits per heavy atom. The Morgan fingerprint density at radius 3 is 1.93 bits per heavy atom. The molecule has 0 bridgehead atoms. The third kappa shape index (κ3) is 9.92. The predicted molar refractivity (Wildman–Crippen MR) is 158 cm³/mol. The average molecular weight is 634 g/mol. The lowest BCUT2D eigenvalue weighted by atomic mass is 10.2. The molecule has 230 valence electrons. The van der Waals surface area contributed by atoms with Crippen molar-refractivity contribution < 1.29 is 40.2 Å². The molecular formula is C27H31N5O9S2. The number of carbonyl (C=O) groups excluding carboxylic acids is 1. The molecule has 3 rings (SSSR count). The second-order valence-electron chi connectivity index (χ2n) is 9.42. The van der Waals surface area contributed by atoms with Crippen molar-refractivity contribution >= 4 is 54.6 Å². The Kier molecular flexibility index (Phi) is 11.0. The molecule has 0 unspecified atom stereocenters. The van der Waals surface area contributed by atoms with Crippen LogP contribution in [0.2, 0.25) is 0 Å². The molecular weight excluding hydrogens is 602 g/mol. The van der Waals surface area contributed by atoms with E-state index in [9.17, 15) is 26.2 Å². The second kappa shape index (κ2) is 14.3. The van der Waals surface area contributed by atoms with Gasteiger partial charge in [0, 0.05) is 31.8 Å². The van der Waals surface area contributed by atoms with Crippen LogP contribution in [0.15, 0.2) is 90.9 Å². The molecule has 0 amide bonds. The van der Waals surface area contributed by atoms with Crippen molar-refractivity contribution in [3.63, 3.8) is 0 Å². The van der Waals surface area contributed by atoms with Crippen LogP contribution in [0.5, 0.6) is 5.75 Å². The van der Waals surface area contributed by atoms with Crippen LogP contribution in [0.25, 0.3) is 0 Å². The minimum atomic E-state index is -4.81. The maximum Gasteiger partial charge on any atom is 0.306 e. The van der Waals surface area contributed by atoms with Gasteiger partial charge in [0.25, 0.3) is 20.2 Å². The zero-order valence-corrected chi connectivity index (χ0v) is 25.4. The number of hydrogen-bond acceptors (Lipinski definition) is 12. The number of rotatable bonds is 13. The number of carbonyl (C=O) groups is 1. The molecule has 2 N–H and O–H groups in total. The van der Waals surface area contributed by atoms with Gasteiger partial charge in [0.05, 0.1) is 35.2 Å². The number of benzene rings is 3. The Morgan fingerprint density at radius 2 is 1.40 bits per heavy atom. The minimum absolute atomic E-state index is 0.0212. The maximum atomic E-state index is 12.2. The standard InChI is InChI=1S/C27H31N5O9S2/c1-18(2)41-26(33)6-5-15-32(3)22-11-7-19(8-12-22)29-31-27-24(40-4)16-21(17-25(27)43(37,38)39)30-28-20-9-13-23(14-10-20)42(34,35)36/h7-14,16-18H,5-6,15H2,1-4H3,(H,34,35,36)(H,37,38,39)/b30-28+,31-29+. The largest absolute Gasteiger partial charge is 0.494 e. The molecule has 0 aliphatic heterocycles. The van der Waals surface area contributed by atoms with Crippen molar-refractivity contribution in [1.29, 1.82) is 0 Å². The lowest BCUT2D eigenvalue weighted by Crippen LogP contribution is -2.20. The van der Waals surface area contributed by atoms with E-state index in [2.05, 4.69) is 20.5 Å². The summed E-state index contributed by atoms with van der Waals surface area (Å²) in [6, 6.07) is 14.1. The first-order chi connectivity index (χ1) is 20.2. The Labute approximate surface area is 249 Å². The van der Waals surface area contributed by atoms with E-state index in [1.165, 1.54) is 25.3 Å². The van der Waals surface area contributed by atoms with Crippen LogP contribution in [0.4, 0.5) is 28.4 Å². The molecule has 0 fully saturated rings. The van der Waals surface area contributed by atoms with Gasteiger partial charge in [0.15, 0.2) is 0 Å². The molecule has 0 heterocycles. The second-order valence-corrected chi connectivity index (χ2v) is 12.2. The monoisotopic (exact) mass is 633 g/mol. The van der Waals surface area contributed by atoms with E-state index in [-0.39, 0.29) is 39.8 Å². The van der Waals surface area contributed by atoms with Gasteiger partial charge >= 0.3 is 5.97 Å². The molecule has 14 nitrogen and oxygen atoms in total. The van der Waals surface area contributed by atoms with Crippen molar-refractivity contribution in [1.82, 2.24) is 0 Å². The van der Waals surface area contributed by atoms with Crippen molar-refractivity contribution in [2.45, 2.75) is 42.6 Å². The van der Waals surface area contributed by atoms with Crippen LogP contribution in [-0.4, -0.2) is 58.7 Å². The van der Waals surface area contributed by atoms with Crippen molar-refractivity contribution in [2.24, 2.45) is 20.5 Å². The summed E-state index contributed by atoms with van der Waals surface area (Å²) in [7, 11) is -6.05. The summed E-state index contributed by atoms with van der Waals surface area (Å²) in [6.07, 6.45) is 0.756. The Balaban J connectivity index is 1.79. The van der Waals surface area contributed by atoms with Crippen LogP contribution in [0, 0.1) is 0 Å². The van der Waals surface area contributed by atoms with Gasteiger partial charge < -0.3 is 14.4 Å². The number of methoxy groups -OCH3 is 1. The molecule has 3 aromatic carbocycles. The number of ether oxygens (including phenoxy) is 2. The van der Waals surface area contributed by atoms with E-state index in [4.69, 9.17) is 14.0 Å². The molecule has 0 aliphatic rings. The highest BCUT2D eigenvalue weighted by Crippen LogP contribution is 2.40. The molecule has 0 atom stereocenters. The van der Waals surface area contributed by atoms with Crippen molar-refractivity contribution in [3.8, 4) is 5.75 Å². The van der Waals surface area contributed by atoms with E-state index in [1.54, 1.807) is 38.1 Å². The number of hydrogen-bond donors (Lipinski definition) is 2. The normalized spacial score (nSPS) is 12.3. The Bertz CT molecular complexity index is 1710. The third-order valence-electron chi connectivity index (χ3n) is 5.74. The SMILES string of the molecule is COc1cc(/N=N/c2ccc(S(=O)(=O)O)cc2)cc(S(=O)(=O)O)c1/N=N/c1ccc(N(C)CCCC(=O)OC(C)C)cc1. The third-order valence-corrected chi connectivity index (χ3v) is 7.47. The first-order valence-electron chi connectivity index (χ1n) is 12.8. The highest BCUT2D eigenvalue weighted by Gasteiger charge is 2.22. The predicted octanol–water partition coefficient (Wildman–Crippen LogP) is 6.19. The lowest BCUT2D eigenvalue weighted by Gasteiger charge is -2.19. The van der Waals surface area contributed by atoms with Crippen LogP contribution in [0.1, 0.15) is 26.7 Å². The van der Waals surface area contributed by atoms with E-state index in [1.807, 2.05) is 11.9 Å². The van der Waals surface area contributed by atoms with Crippen LogP contribution < -0.4 is 9.64 Å². The molecule has 3 aromatic rings. The summed E-state index contributed by atoms with van der Waals surface area (Å²) < 4.78 is 76.2. The van der Waals surface area contributed by atoms with E-state index < -0.39 is 25.1 Å². The molecule has 0 saturated carbocycles. The fraction of sp³-hybridized carbons (Fsp3) is 0.296. The zero-order chi connectivity index (χ0) is 31.8.